The minimum atomic E-state index is -1.10. The van der Waals surface area contributed by atoms with Gasteiger partial charge in [-0.05, 0) is 41.5 Å². The van der Waals surface area contributed by atoms with Crippen LogP contribution in [0.2, 0.25) is 5.02 Å². The van der Waals surface area contributed by atoms with E-state index in [-0.39, 0.29) is 5.91 Å². The Labute approximate surface area is 229 Å². The molecule has 0 spiro atoms. The van der Waals surface area contributed by atoms with Crippen molar-refractivity contribution in [2.24, 2.45) is 0 Å². The SMILES string of the molecule is O=C(NCc1ccccc1N1CCNCC1)c1ccn2ncc(-c3cccc(Cl)c3)c2n1.O=C/C=C/C(=O)O. The zero-order valence-electron chi connectivity index (χ0n) is 21.0. The smallest absolute Gasteiger partial charge is 0.328 e. The number of hydrogen-bond donors (Lipinski definition) is 3. The molecule has 200 valence electrons. The Balaban J connectivity index is 0.000000448. The van der Waals surface area contributed by atoms with Gasteiger partial charge >= 0.3 is 5.97 Å². The largest absolute Gasteiger partial charge is 0.478 e. The number of nitrogens with one attached hydrogen (secondary N) is 2. The summed E-state index contributed by atoms with van der Waals surface area (Å²) in [6.45, 7) is 4.27. The average Bonchev–Trinajstić information content (AvgIpc) is 3.39. The van der Waals surface area contributed by atoms with E-state index in [1.54, 1.807) is 23.0 Å². The molecule has 0 saturated carbocycles. The lowest BCUT2D eigenvalue weighted by Gasteiger charge is -2.31. The molecule has 2 aromatic carbocycles. The summed E-state index contributed by atoms with van der Waals surface area (Å²) in [4.78, 5) is 38.7. The number of allylic oxidation sites excluding steroid dienone is 1. The molecular weight excluding hydrogens is 520 g/mol. The van der Waals surface area contributed by atoms with Crippen LogP contribution >= 0.6 is 11.6 Å². The lowest BCUT2D eigenvalue weighted by molar-refractivity contribution is -0.131. The molecule has 5 rings (SSSR count). The molecular formula is C28H27ClN6O4. The van der Waals surface area contributed by atoms with Gasteiger partial charge in [-0.3, -0.25) is 9.59 Å². The van der Waals surface area contributed by atoms with E-state index in [0.717, 1.165) is 60.7 Å². The van der Waals surface area contributed by atoms with Crippen molar-refractivity contribution in [3.63, 3.8) is 0 Å². The Hall–Kier alpha value is -4.54. The predicted octanol–water partition coefficient (Wildman–Crippen LogP) is 3.22. The van der Waals surface area contributed by atoms with Crippen LogP contribution in [-0.4, -0.2) is 64.0 Å². The van der Waals surface area contributed by atoms with Gasteiger partial charge < -0.3 is 20.6 Å². The van der Waals surface area contributed by atoms with Gasteiger partial charge in [0.2, 0.25) is 0 Å². The average molecular weight is 547 g/mol. The third kappa shape index (κ3) is 7.28. The van der Waals surface area contributed by atoms with Crippen LogP contribution in [0.1, 0.15) is 16.1 Å². The number of para-hydroxylation sites is 1. The van der Waals surface area contributed by atoms with Crippen molar-refractivity contribution in [2.75, 3.05) is 31.1 Å². The van der Waals surface area contributed by atoms with E-state index in [1.165, 1.54) is 0 Å². The number of carboxylic acids is 1. The molecule has 3 heterocycles. The Kier molecular flexibility index (Phi) is 9.39. The number of nitrogens with zero attached hydrogens (tertiary/aromatic N) is 4. The molecule has 1 fully saturated rings. The van der Waals surface area contributed by atoms with Crippen LogP contribution in [0.4, 0.5) is 5.69 Å². The van der Waals surface area contributed by atoms with E-state index < -0.39 is 5.97 Å². The van der Waals surface area contributed by atoms with Gasteiger partial charge in [-0.15, -0.1) is 0 Å². The maximum atomic E-state index is 12.9. The number of halogens is 1. The second-order valence-corrected chi connectivity index (χ2v) is 8.97. The lowest BCUT2D eigenvalue weighted by Crippen LogP contribution is -2.44. The number of benzene rings is 2. The Morgan fingerprint density at radius 1 is 1.10 bits per heavy atom. The number of amides is 1. The summed E-state index contributed by atoms with van der Waals surface area (Å²) in [7, 11) is 0. The summed E-state index contributed by atoms with van der Waals surface area (Å²) >= 11 is 6.14. The first-order valence-electron chi connectivity index (χ1n) is 12.2. The molecule has 0 atom stereocenters. The molecule has 1 saturated heterocycles. The molecule has 0 radical (unpaired) electrons. The van der Waals surface area contributed by atoms with Crippen molar-refractivity contribution in [1.82, 2.24) is 25.2 Å². The molecule has 1 amide bonds. The second kappa shape index (κ2) is 13.3. The highest BCUT2D eigenvalue weighted by atomic mass is 35.5. The summed E-state index contributed by atoms with van der Waals surface area (Å²) in [6, 6.07) is 17.4. The molecule has 0 bridgehead atoms. The van der Waals surface area contributed by atoms with Crippen LogP contribution in [0.5, 0.6) is 0 Å². The van der Waals surface area contributed by atoms with E-state index in [0.29, 0.717) is 29.2 Å². The number of carboxylic acid groups (broad SMARTS) is 1. The highest BCUT2D eigenvalue weighted by Crippen LogP contribution is 2.26. The number of fused-ring (bicyclic) bond motifs is 1. The quantitative estimate of drug-likeness (QED) is 0.238. The van der Waals surface area contributed by atoms with Crippen molar-refractivity contribution < 1.29 is 19.5 Å². The van der Waals surface area contributed by atoms with Gasteiger partial charge in [-0.2, -0.15) is 5.10 Å². The molecule has 0 aliphatic carbocycles. The number of hydrogen-bond acceptors (Lipinski definition) is 7. The van der Waals surface area contributed by atoms with Crippen molar-refractivity contribution in [3.8, 4) is 11.1 Å². The minimum Gasteiger partial charge on any atom is -0.478 e. The summed E-state index contributed by atoms with van der Waals surface area (Å²) in [5.41, 5.74) is 4.94. The number of anilines is 1. The Morgan fingerprint density at radius 3 is 2.62 bits per heavy atom. The van der Waals surface area contributed by atoms with Gasteiger partial charge in [0.15, 0.2) is 5.65 Å². The van der Waals surface area contributed by atoms with Crippen LogP contribution in [-0.2, 0) is 16.1 Å². The molecule has 10 nitrogen and oxygen atoms in total. The molecule has 11 heteroatoms. The van der Waals surface area contributed by atoms with Crippen LogP contribution in [0, 0.1) is 0 Å². The maximum Gasteiger partial charge on any atom is 0.328 e. The van der Waals surface area contributed by atoms with E-state index >= 15 is 0 Å². The number of piperazine rings is 1. The molecule has 1 aliphatic rings. The first kappa shape index (κ1) is 27.5. The first-order chi connectivity index (χ1) is 19.0. The monoisotopic (exact) mass is 546 g/mol. The maximum absolute atomic E-state index is 12.9. The third-order valence-electron chi connectivity index (χ3n) is 5.94. The molecule has 1 aliphatic heterocycles. The Bertz CT molecular complexity index is 1500. The number of aromatic nitrogens is 3. The van der Waals surface area contributed by atoms with Crippen molar-refractivity contribution in [1.29, 1.82) is 0 Å². The fraction of sp³-hybridized carbons (Fsp3) is 0.179. The zero-order valence-corrected chi connectivity index (χ0v) is 21.7. The van der Waals surface area contributed by atoms with Gasteiger partial charge in [0, 0.05) is 61.3 Å². The van der Waals surface area contributed by atoms with E-state index in [2.05, 4.69) is 37.7 Å². The summed E-state index contributed by atoms with van der Waals surface area (Å²) in [5, 5.41) is 19.2. The highest BCUT2D eigenvalue weighted by Gasteiger charge is 2.16. The number of rotatable bonds is 7. The minimum absolute atomic E-state index is 0.221. The van der Waals surface area contributed by atoms with Crippen LogP contribution in [0.3, 0.4) is 0 Å². The van der Waals surface area contributed by atoms with Crippen molar-refractivity contribution in [3.05, 3.63) is 95.4 Å². The van der Waals surface area contributed by atoms with Crippen LogP contribution in [0.25, 0.3) is 16.8 Å². The number of carbonyl (C=O) groups is 3. The number of carbonyl (C=O) groups excluding carboxylic acids is 2. The van der Waals surface area contributed by atoms with Gasteiger partial charge in [0.05, 0.1) is 6.20 Å². The molecule has 4 aromatic rings. The Morgan fingerprint density at radius 2 is 1.90 bits per heavy atom. The predicted molar refractivity (Wildman–Crippen MR) is 149 cm³/mol. The van der Waals surface area contributed by atoms with Crippen molar-refractivity contribution in [2.45, 2.75) is 6.54 Å². The summed E-state index contributed by atoms with van der Waals surface area (Å²) in [6.07, 6.45) is 5.59. The first-order valence-corrected chi connectivity index (χ1v) is 12.6. The van der Waals surface area contributed by atoms with E-state index in [1.807, 2.05) is 36.4 Å². The van der Waals surface area contributed by atoms with Gasteiger partial charge in [0.1, 0.15) is 12.0 Å². The highest BCUT2D eigenvalue weighted by molar-refractivity contribution is 6.30. The normalized spacial score (nSPS) is 13.1. The fourth-order valence-corrected chi connectivity index (χ4v) is 4.31. The van der Waals surface area contributed by atoms with Gasteiger partial charge in [-0.1, -0.05) is 41.9 Å². The zero-order chi connectivity index (χ0) is 27.6. The van der Waals surface area contributed by atoms with Gasteiger partial charge in [-0.25, -0.2) is 14.3 Å². The molecule has 2 aromatic heterocycles. The van der Waals surface area contributed by atoms with E-state index in [4.69, 9.17) is 16.7 Å². The number of aliphatic carboxylic acids is 1. The molecule has 3 N–H and O–H groups in total. The summed E-state index contributed by atoms with van der Waals surface area (Å²) in [5.74, 6) is -1.33. The van der Waals surface area contributed by atoms with Crippen LogP contribution in [0.15, 0.2) is 79.1 Å². The summed E-state index contributed by atoms with van der Waals surface area (Å²) < 4.78 is 1.66. The number of aldehydes is 1. The lowest BCUT2D eigenvalue weighted by atomic mass is 10.1. The molecule has 0 unspecified atom stereocenters. The van der Waals surface area contributed by atoms with E-state index in [9.17, 15) is 14.4 Å². The van der Waals surface area contributed by atoms with Crippen molar-refractivity contribution >= 4 is 41.1 Å². The second-order valence-electron chi connectivity index (χ2n) is 8.53. The fourth-order valence-electron chi connectivity index (χ4n) is 4.12. The topological polar surface area (TPSA) is 129 Å². The molecule has 39 heavy (non-hydrogen) atoms. The standard InChI is InChI=1S/C24H23ClN6O.C4H4O3/c25-19-6-3-5-17(14-19)20-16-28-31-11-8-21(29-23(20)31)24(32)27-15-18-4-1-2-7-22(18)30-12-9-26-10-13-30;5-3-1-2-4(6)7/h1-8,11,14,16,26H,9-10,12-13,15H2,(H,27,32);1-3H,(H,6,7)/b;2-1+. The van der Waals surface area contributed by atoms with Gasteiger partial charge in [0.25, 0.3) is 5.91 Å². The van der Waals surface area contributed by atoms with Crippen LogP contribution < -0.4 is 15.5 Å². The third-order valence-corrected chi connectivity index (χ3v) is 6.18.